The number of fused-ring (bicyclic) bond motifs is 1. The number of hydrogen-bond donors (Lipinski definition) is 1. The molecule has 5 nitrogen and oxygen atoms in total. The van der Waals surface area contributed by atoms with Crippen LogP contribution in [-0.4, -0.2) is 27.9 Å². The van der Waals surface area contributed by atoms with Crippen molar-refractivity contribution in [1.29, 1.82) is 0 Å². The Morgan fingerprint density at radius 2 is 1.71 bits per heavy atom. The summed E-state index contributed by atoms with van der Waals surface area (Å²) >= 11 is 0. The molecule has 0 radical (unpaired) electrons. The maximum atomic E-state index is 13.3. The second-order valence-electron chi connectivity index (χ2n) is 8.40. The molecule has 182 valence electrons. The minimum atomic E-state index is -5.00. The van der Waals surface area contributed by atoms with Crippen LogP contribution in [0.4, 0.5) is 17.6 Å². The Morgan fingerprint density at radius 1 is 1.00 bits per heavy atom. The predicted octanol–water partition coefficient (Wildman–Crippen LogP) is 5.97. The van der Waals surface area contributed by atoms with Gasteiger partial charge in [0.05, 0.1) is 23.4 Å². The maximum absolute atomic E-state index is 13.3. The SMILES string of the molecule is Cc1ccc([C@@H](Oc2ccc3c(cnn3-c3ccc(F)cc3)c2)[C@H](C)NC(=O)C(F)(F)F)cc1C. The van der Waals surface area contributed by atoms with Crippen molar-refractivity contribution in [3.63, 3.8) is 0 Å². The number of amides is 1. The van der Waals surface area contributed by atoms with Crippen LogP contribution in [0.2, 0.25) is 0 Å². The smallest absolute Gasteiger partial charge is 0.471 e. The quantitative estimate of drug-likeness (QED) is 0.343. The molecule has 35 heavy (non-hydrogen) atoms. The second kappa shape index (κ2) is 9.40. The summed E-state index contributed by atoms with van der Waals surface area (Å²) in [6.45, 7) is 5.29. The molecule has 0 aliphatic rings. The average Bonchev–Trinajstić information content (AvgIpc) is 3.22. The van der Waals surface area contributed by atoms with Crippen LogP contribution in [0, 0.1) is 19.7 Å². The first-order valence-electron chi connectivity index (χ1n) is 10.9. The molecule has 2 atom stereocenters. The fourth-order valence-corrected chi connectivity index (χ4v) is 3.78. The van der Waals surface area contributed by atoms with Crippen molar-refractivity contribution < 1.29 is 27.1 Å². The number of rotatable bonds is 6. The van der Waals surface area contributed by atoms with E-state index in [1.165, 1.54) is 19.1 Å². The van der Waals surface area contributed by atoms with Gasteiger partial charge in [-0.15, -0.1) is 0 Å². The second-order valence-corrected chi connectivity index (χ2v) is 8.40. The van der Waals surface area contributed by atoms with Crippen LogP contribution in [0.25, 0.3) is 16.6 Å². The largest absolute Gasteiger partial charge is 0.484 e. The fourth-order valence-electron chi connectivity index (χ4n) is 3.78. The van der Waals surface area contributed by atoms with Crippen molar-refractivity contribution in [2.75, 3.05) is 0 Å². The van der Waals surface area contributed by atoms with Crippen LogP contribution >= 0.6 is 0 Å². The molecule has 1 heterocycles. The molecule has 0 fully saturated rings. The number of halogens is 4. The van der Waals surface area contributed by atoms with Gasteiger partial charge < -0.3 is 10.1 Å². The topological polar surface area (TPSA) is 56.1 Å². The standard InChI is InChI=1S/C26H23F4N3O2/c1-15-4-5-18(12-16(15)2)24(17(3)32-25(34)26(28,29)30)35-22-10-11-23-19(13-22)14-31-33(23)21-8-6-20(27)7-9-21/h4-14,17,24H,1-3H3,(H,32,34)/t17-,24-/m0/s1. The molecule has 0 bridgehead atoms. The van der Waals surface area contributed by atoms with Crippen molar-refractivity contribution in [3.05, 3.63) is 89.4 Å². The van der Waals surface area contributed by atoms with Crippen LogP contribution in [-0.2, 0) is 4.79 Å². The number of nitrogens with zero attached hydrogens (tertiary/aromatic N) is 2. The summed E-state index contributed by atoms with van der Waals surface area (Å²) in [7, 11) is 0. The lowest BCUT2D eigenvalue weighted by Gasteiger charge is -2.27. The molecule has 1 N–H and O–H groups in total. The first-order chi connectivity index (χ1) is 16.5. The number of benzene rings is 3. The van der Waals surface area contributed by atoms with Gasteiger partial charge >= 0.3 is 12.1 Å². The third-order valence-corrected chi connectivity index (χ3v) is 5.80. The summed E-state index contributed by atoms with van der Waals surface area (Å²) in [4.78, 5) is 11.6. The first kappa shape index (κ1) is 24.3. The summed E-state index contributed by atoms with van der Waals surface area (Å²) < 4.78 is 59.7. The van der Waals surface area contributed by atoms with Gasteiger partial charge in [-0.1, -0.05) is 18.2 Å². The van der Waals surface area contributed by atoms with E-state index in [-0.39, 0.29) is 5.82 Å². The number of carbonyl (C=O) groups excluding carboxylic acids is 1. The highest BCUT2D eigenvalue weighted by atomic mass is 19.4. The van der Waals surface area contributed by atoms with E-state index in [4.69, 9.17) is 4.74 Å². The number of alkyl halides is 3. The van der Waals surface area contributed by atoms with Crippen molar-refractivity contribution in [3.8, 4) is 11.4 Å². The van der Waals surface area contributed by atoms with Gasteiger partial charge in [0, 0.05) is 5.39 Å². The number of aromatic nitrogens is 2. The van der Waals surface area contributed by atoms with Crippen LogP contribution in [0.5, 0.6) is 5.75 Å². The van der Waals surface area contributed by atoms with Crippen LogP contribution < -0.4 is 10.1 Å². The van der Waals surface area contributed by atoms with Gasteiger partial charge in [0.15, 0.2) is 0 Å². The zero-order valence-electron chi connectivity index (χ0n) is 19.2. The van der Waals surface area contributed by atoms with Crippen molar-refractivity contribution >= 4 is 16.8 Å². The Kier molecular flexibility index (Phi) is 6.51. The minimum absolute atomic E-state index is 0.356. The summed E-state index contributed by atoms with van der Waals surface area (Å²) in [5.74, 6) is -1.99. The lowest BCUT2D eigenvalue weighted by molar-refractivity contribution is -0.174. The Bertz CT molecular complexity index is 1360. The highest BCUT2D eigenvalue weighted by Gasteiger charge is 2.40. The van der Waals surface area contributed by atoms with E-state index in [1.807, 2.05) is 31.3 Å². The molecule has 1 aromatic heterocycles. The van der Waals surface area contributed by atoms with Crippen molar-refractivity contribution in [2.24, 2.45) is 0 Å². The Morgan fingerprint density at radius 3 is 2.37 bits per heavy atom. The summed E-state index contributed by atoms with van der Waals surface area (Å²) in [6.07, 6.45) is -4.27. The molecule has 4 aromatic rings. The molecule has 0 aliphatic heterocycles. The molecular formula is C26H23F4N3O2. The molecule has 0 unspecified atom stereocenters. The molecule has 1 amide bonds. The monoisotopic (exact) mass is 485 g/mol. The molecule has 4 rings (SSSR count). The average molecular weight is 485 g/mol. The number of ether oxygens (including phenoxy) is 1. The van der Waals surface area contributed by atoms with Crippen molar-refractivity contribution in [1.82, 2.24) is 15.1 Å². The van der Waals surface area contributed by atoms with E-state index in [0.717, 1.165) is 22.0 Å². The van der Waals surface area contributed by atoms with Crippen molar-refractivity contribution in [2.45, 2.75) is 39.1 Å². The highest BCUT2D eigenvalue weighted by molar-refractivity contribution is 5.82. The summed E-state index contributed by atoms with van der Waals surface area (Å²) in [5, 5.41) is 7.08. The van der Waals surface area contributed by atoms with Gasteiger partial charge in [-0.3, -0.25) is 4.79 Å². The zero-order valence-corrected chi connectivity index (χ0v) is 19.2. The fraction of sp³-hybridized carbons (Fsp3) is 0.231. The van der Waals surface area contributed by atoms with E-state index in [1.54, 1.807) is 47.3 Å². The number of hydrogen-bond acceptors (Lipinski definition) is 3. The van der Waals surface area contributed by atoms with E-state index in [2.05, 4.69) is 5.10 Å². The van der Waals surface area contributed by atoms with E-state index >= 15 is 0 Å². The lowest BCUT2D eigenvalue weighted by atomic mass is 9.98. The van der Waals surface area contributed by atoms with Gasteiger partial charge in [0.25, 0.3) is 0 Å². The Hall–Kier alpha value is -3.88. The van der Waals surface area contributed by atoms with Crippen LogP contribution in [0.3, 0.4) is 0 Å². The van der Waals surface area contributed by atoms with Gasteiger partial charge in [0.1, 0.15) is 17.7 Å². The van der Waals surface area contributed by atoms with Crippen LogP contribution in [0.1, 0.15) is 29.7 Å². The van der Waals surface area contributed by atoms with E-state index in [9.17, 15) is 22.4 Å². The summed E-state index contributed by atoms with van der Waals surface area (Å²) in [5.41, 5.74) is 4.01. The Labute approximate surface area is 199 Å². The Balaban J connectivity index is 1.66. The normalized spacial score (nSPS) is 13.5. The van der Waals surface area contributed by atoms with Crippen LogP contribution in [0.15, 0.2) is 66.9 Å². The summed E-state index contributed by atoms with van der Waals surface area (Å²) in [6, 6.07) is 15.5. The third-order valence-electron chi connectivity index (χ3n) is 5.80. The minimum Gasteiger partial charge on any atom is -0.484 e. The van der Waals surface area contributed by atoms with E-state index < -0.39 is 24.2 Å². The number of carbonyl (C=O) groups is 1. The van der Waals surface area contributed by atoms with Gasteiger partial charge in [-0.25, -0.2) is 9.07 Å². The molecule has 9 heteroatoms. The molecular weight excluding hydrogens is 462 g/mol. The third kappa shape index (κ3) is 5.29. The van der Waals surface area contributed by atoms with Gasteiger partial charge in [0.2, 0.25) is 0 Å². The van der Waals surface area contributed by atoms with Gasteiger partial charge in [-0.2, -0.15) is 18.3 Å². The highest BCUT2D eigenvalue weighted by Crippen LogP contribution is 2.30. The molecule has 3 aromatic carbocycles. The molecule has 0 saturated carbocycles. The first-order valence-corrected chi connectivity index (χ1v) is 10.9. The zero-order chi connectivity index (χ0) is 25.3. The van der Waals surface area contributed by atoms with Gasteiger partial charge in [-0.05, 0) is 79.9 Å². The molecule has 0 saturated heterocycles. The lowest BCUT2D eigenvalue weighted by Crippen LogP contribution is -2.45. The van der Waals surface area contributed by atoms with E-state index in [0.29, 0.717) is 17.0 Å². The number of aryl methyl sites for hydroxylation is 2. The molecule has 0 spiro atoms. The number of nitrogens with one attached hydrogen (secondary N) is 1. The maximum Gasteiger partial charge on any atom is 0.471 e. The predicted molar refractivity (Wildman–Crippen MR) is 124 cm³/mol. The molecule has 0 aliphatic carbocycles.